The van der Waals surface area contributed by atoms with Crippen molar-refractivity contribution in [3.05, 3.63) is 124 Å². The van der Waals surface area contributed by atoms with Crippen LogP contribution in [0, 0.1) is 48.5 Å². The summed E-state index contributed by atoms with van der Waals surface area (Å²) in [6, 6.07) is 25.9. The standard InChI is InChI=1S/C61H45N3O13/c1-22-23(2)49(66)43-39(48(22)65)40-46(62(43)31-18-12-9-13-19-31)60-47-61(54(40)71)75-58-28(7)51(68)53(70)38-35-24(3)33(27(6)59(76-77-60)44(35)64(47)45(38)58)37-25(4)34-36-26(5)50(67)57(74)56(73)42(36)63(41(34)55(72)52(37)69)32-20-14-17-30(21-32)29-15-10-8-11-16-29/h8-21,65-74H,1-7H3. The van der Waals surface area contributed by atoms with Gasteiger partial charge in [-0.1, -0.05) is 60.7 Å². The van der Waals surface area contributed by atoms with E-state index in [0.717, 1.165) is 11.1 Å². The first-order valence-electron chi connectivity index (χ1n) is 24.6. The molecule has 16 heteroatoms. The molecule has 0 fully saturated rings. The van der Waals surface area contributed by atoms with Crippen LogP contribution in [-0.2, 0) is 0 Å². The van der Waals surface area contributed by atoms with Crippen LogP contribution in [0.25, 0.3) is 116 Å². The Morgan fingerprint density at radius 2 is 0.831 bits per heavy atom. The van der Waals surface area contributed by atoms with E-state index in [9.17, 15) is 51.1 Å². The van der Waals surface area contributed by atoms with Crippen LogP contribution >= 0.6 is 0 Å². The highest BCUT2D eigenvalue weighted by Crippen LogP contribution is 2.62. The fourth-order valence-corrected chi connectivity index (χ4v) is 12.6. The number of phenolic OH excluding ortho intramolecular Hbond substituents is 10. The molecule has 9 aromatic carbocycles. The topological polar surface area (TPSA) is 252 Å². The van der Waals surface area contributed by atoms with E-state index < -0.39 is 46.0 Å². The van der Waals surface area contributed by atoms with Crippen molar-refractivity contribution < 1.29 is 65.0 Å². The molecule has 16 nitrogen and oxygen atoms in total. The minimum atomic E-state index is -0.780. The average Bonchev–Trinajstić information content (AvgIpc) is 4.08. The van der Waals surface area contributed by atoms with Crippen LogP contribution in [-0.4, -0.2) is 64.6 Å². The summed E-state index contributed by atoms with van der Waals surface area (Å²) in [5, 5.41) is 122. The molecule has 0 saturated carbocycles. The van der Waals surface area contributed by atoms with Gasteiger partial charge in [-0.05, 0) is 112 Å². The second-order valence-corrected chi connectivity index (χ2v) is 20.1. The summed E-state index contributed by atoms with van der Waals surface area (Å²) in [7, 11) is 0. The first kappa shape index (κ1) is 45.4. The van der Waals surface area contributed by atoms with Gasteiger partial charge in [0.25, 0.3) is 0 Å². The lowest BCUT2D eigenvalue weighted by Crippen LogP contribution is -2.02. The summed E-state index contributed by atoms with van der Waals surface area (Å²) in [5.74, 6) is -5.24. The Hall–Kier alpha value is -10.2. The monoisotopic (exact) mass is 1030 g/mol. The van der Waals surface area contributed by atoms with Crippen LogP contribution in [0.5, 0.6) is 69.0 Å². The van der Waals surface area contributed by atoms with Gasteiger partial charge in [-0.3, -0.25) is 13.6 Å². The highest BCUT2D eigenvalue weighted by molar-refractivity contribution is 6.29. The first-order valence-corrected chi connectivity index (χ1v) is 24.6. The minimum absolute atomic E-state index is 0.0351. The Labute approximate surface area is 434 Å². The number of phenols is 10. The number of aryl methyl sites for hydroxylation is 4. The Morgan fingerprint density at radius 3 is 1.53 bits per heavy atom. The zero-order valence-corrected chi connectivity index (χ0v) is 42.1. The van der Waals surface area contributed by atoms with Gasteiger partial charge in [-0.25, -0.2) is 0 Å². The fourth-order valence-electron chi connectivity index (χ4n) is 12.6. The molecule has 0 saturated heterocycles. The molecule has 0 spiro atoms. The van der Waals surface area contributed by atoms with Crippen LogP contribution in [0.4, 0.5) is 0 Å². The van der Waals surface area contributed by atoms with Crippen molar-refractivity contribution in [2.75, 3.05) is 0 Å². The van der Waals surface area contributed by atoms with Crippen molar-refractivity contribution in [3.63, 3.8) is 0 Å². The molecule has 1 aliphatic rings. The van der Waals surface area contributed by atoms with Gasteiger partial charge < -0.3 is 64.9 Å². The Kier molecular flexibility index (Phi) is 8.83. The number of para-hydroxylation sites is 1. The van der Waals surface area contributed by atoms with E-state index in [-0.39, 0.29) is 111 Å². The molecular weight excluding hydrogens is 983 g/mol. The third kappa shape index (κ3) is 5.30. The third-order valence-corrected chi connectivity index (χ3v) is 16.3. The molecule has 0 aliphatic carbocycles. The predicted molar refractivity (Wildman–Crippen MR) is 293 cm³/mol. The number of ether oxygens (including phenoxy) is 1. The van der Waals surface area contributed by atoms with Gasteiger partial charge in [-0.2, -0.15) is 0 Å². The Bertz CT molecular complexity index is 4960. The molecule has 5 heterocycles. The maximum atomic E-state index is 12.8. The van der Waals surface area contributed by atoms with Crippen molar-refractivity contribution in [3.8, 4) is 103 Å². The van der Waals surface area contributed by atoms with Gasteiger partial charge in [0.15, 0.2) is 51.7 Å². The summed E-state index contributed by atoms with van der Waals surface area (Å²) in [4.78, 5) is 0. The third-order valence-electron chi connectivity index (χ3n) is 16.3. The van der Waals surface area contributed by atoms with E-state index in [2.05, 4.69) is 0 Å². The van der Waals surface area contributed by atoms with Crippen molar-refractivity contribution in [1.29, 1.82) is 0 Å². The summed E-state index contributed by atoms with van der Waals surface area (Å²) < 4.78 is 24.8. The smallest absolute Gasteiger partial charge is 0.231 e. The van der Waals surface area contributed by atoms with E-state index in [4.69, 9.17) is 13.9 Å². The largest absolute Gasteiger partial charge is 0.507 e. The van der Waals surface area contributed by atoms with E-state index in [1.54, 1.807) is 93.8 Å². The number of nitrogens with zero attached hydrogens (tertiary/aromatic N) is 3. The minimum Gasteiger partial charge on any atom is -0.507 e. The SMILES string of the molecule is Cc1c(C)c(O)c2c(c1O)c1c(O)c3c4c(ooc5c(C)c(-c6c(O)c(O)c7c(c6C)c6c(C)c(O)c(O)c(O)c6n7-c6cccc(-c7ccccc7)c6)c(C)c6c7c(O)c(O)c(C)c(c7n4c56)O3)c1n2-c1ccccc1. The van der Waals surface area contributed by atoms with Gasteiger partial charge in [0.05, 0.1) is 16.2 Å². The number of benzene rings is 9. The maximum Gasteiger partial charge on any atom is 0.231 e. The molecular formula is C61H45N3O13. The van der Waals surface area contributed by atoms with Gasteiger partial charge in [0.2, 0.25) is 16.9 Å². The highest BCUT2D eigenvalue weighted by Gasteiger charge is 2.39. The van der Waals surface area contributed by atoms with Crippen LogP contribution in [0.15, 0.2) is 94.1 Å². The highest BCUT2D eigenvalue weighted by atomic mass is 17.0. The molecule has 0 bridgehead atoms. The number of rotatable bonds is 4. The normalized spacial score (nSPS) is 12.5. The maximum absolute atomic E-state index is 12.8. The van der Waals surface area contributed by atoms with Crippen LogP contribution in [0.3, 0.4) is 0 Å². The van der Waals surface area contributed by atoms with E-state index in [1.165, 1.54) is 4.57 Å². The predicted octanol–water partition coefficient (Wildman–Crippen LogP) is 14.0. The van der Waals surface area contributed by atoms with Gasteiger partial charge >= 0.3 is 0 Å². The quantitative estimate of drug-likeness (QED) is 0.0448. The lowest BCUT2D eigenvalue weighted by molar-refractivity contribution is 0.0919. The molecule has 382 valence electrons. The van der Waals surface area contributed by atoms with Gasteiger partial charge in [-0.15, -0.1) is 0 Å². The molecule has 0 unspecified atom stereocenters. The lowest BCUT2D eigenvalue weighted by Gasteiger charge is -2.20. The average molecular weight is 1030 g/mol. The van der Waals surface area contributed by atoms with Crippen molar-refractivity contribution >= 4 is 82.1 Å². The molecule has 0 amide bonds. The van der Waals surface area contributed by atoms with Crippen LogP contribution < -0.4 is 4.74 Å². The van der Waals surface area contributed by atoms with Crippen molar-refractivity contribution in [2.45, 2.75) is 48.5 Å². The molecule has 10 N–H and O–H groups in total. The molecule has 4 aromatic heterocycles. The van der Waals surface area contributed by atoms with E-state index in [1.807, 2.05) is 48.5 Å². The number of fused-ring (bicyclic) bond motifs is 8. The molecule has 0 radical (unpaired) electrons. The number of hydrogen-bond donors (Lipinski definition) is 10. The first-order chi connectivity index (χ1) is 36.9. The second-order valence-electron chi connectivity index (χ2n) is 20.1. The fraction of sp³-hybridized carbons (Fsp3) is 0.115. The van der Waals surface area contributed by atoms with Crippen LogP contribution in [0.1, 0.15) is 38.9 Å². The second kappa shape index (κ2) is 15.0. The number of hydrogen-bond acceptors (Lipinski definition) is 13. The zero-order valence-electron chi connectivity index (χ0n) is 42.1. The van der Waals surface area contributed by atoms with E-state index in [0.29, 0.717) is 55.7 Å². The lowest BCUT2D eigenvalue weighted by atomic mass is 9.86. The molecule has 14 rings (SSSR count). The number of aromatic nitrogens is 3. The summed E-state index contributed by atoms with van der Waals surface area (Å²) in [6.07, 6.45) is 0. The summed E-state index contributed by atoms with van der Waals surface area (Å²) in [6.45, 7) is 11.6. The Morgan fingerprint density at radius 1 is 0.312 bits per heavy atom. The van der Waals surface area contributed by atoms with Gasteiger partial charge in [0, 0.05) is 49.8 Å². The molecule has 13 aromatic rings. The Balaban J connectivity index is 1.19. The van der Waals surface area contributed by atoms with Crippen molar-refractivity contribution in [2.24, 2.45) is 0 Å². The van der Waals surface area contributed by atoms with Gasteiger partial charge in [0.1, 0.15) is 50.1 Å². The molecule has 1 aliphatic heterocycles. The summed E-state index contributed by atoms with van der Waals surface area (Å²) in [5.41, 5.74) is 6.18. The van der Waals surface area contributed by atoms with E-state index >= 15 is 0 Å². The summed E-state index contributed by atoms with van der Waals surface area (Å²) >= 11 is 0. The van der Waals surface area contributed by atoms with Crippen LogP contribution in [0.2, 0.25) is 0 Å². The zero-order chi connectivity index (χ0) is 53.8. The molecule has 0 atom stereocenters. The van der Waals surface area contributed by atoms with Crippen molar-refractivity contribution in [1.82, 2.24) is 13.5 Å². The molecule has 77 heavy (non-hydrogen) atoms. The number of aromatic hydroxyl groups is 10.